The van der Waals surface area contributed by atoms with E-state index in [0.29, 0.717) is 18.1 Å². The largest absolute Gasteiger partial charge is 0.507 e. The lowest BCUT2D eigenvalue weighted by Gasteiger charge is -2.33. The van der Waals surface area contributed by atoms with Crippen LogP contribution in [0.1, 0.15) is 39.2 Å². The van der Waals surface area contributed by atoms with Crippen molar-refractivity contribution in [2.45, 2.75) is 55.7 Å². The van der Waals surface area contributed by atoms with Gasteiger partial charge in [-0.25, -0.2) is 4.79 Å². The van der Waals surface area contributed by atoms with Gasteiger partial charge in [0.25, 0.3) is 0 Å². The number of phenolic OH excluding ortho intramolecular Hbond substituents is 1. The number of alkyl halides is 3. The van der Waals surface area contributed by atoms with Gasteiger partial charge in [-0.05, 0) is 57.9 Å². The number of aromatic nitrogens is 2. The number of benzene rings is 1. The van der Waals surface area contributed by atoms with Crippen LogP contribution >= 0.6 is 23.4 Å². The average molecular weight is 490 g/mol. The molecule has 0 radical (unpaired) electrons. The van der Waals surface area contributed by atoms with Crippen molar-refractivity contribution in [2.24, 2.45) is 0 Å². The lowest BCUT2D eigenvalue weighted by atomic mass is 10.0. The summed E-state index contributed by atoms with van der Waals surface area (Å²) in [6.07, 6.45) is -3.44. The Kier molecular flexibility index (Phi) is 7.14. The number of phenols is 1. The predicted octanol–water partition coefficient (Wildman–Crippen LogP) is 6.01. The summed E-state index contributed by atoms with van der Waals surface area (Å²) < 4.78 is 45.7. The number of piperidine rings is 1. The van der Waals surface area contributed by atoms with Crippen LogP contribution in [0.2, 0.25) is 5.02 Å². The molecule has 1 atom stereocenters. The molecule has 2 aromatic rings. The molecule has 0 aliphatic carbocycles. The van der Waals surface area contributed by atoms with E-state index in [1.54, 1.807) is 31.7 Å². The lowest BCUT2D eigenvalue weighted by molar-refractivity contribution is -0.137. The first-order valence-corrected chi connectivity index (χ1v) is 11.2. The van der Waals surface area contributed by atoms with Crippen LogP contribution in [0.15, 0.2) is 29.3 Å². The van der Waals surface area contributed by atoms with Gasteiger partial charge < -0.3 is 14.7 Å². The van der Waals surface area contributed by atoms with Gasteiger partial charge in [-0.15, -0.1) is 10.2 Å². The lowest BCUT2D eigenvalue weighted by Crippen LogP contribution is -2.43. The van der Waals surface area contributed by atoms with Crippen molar-refractivity contribution in [1.29, 1.82) is 0 Å². The van der Waals surface area contributed by atoms with E-state index in [4.69, 9.17) is 16.3 Å². The standard InChI is InChI=1S/C21H23ClF3N3O3S/c1-20(2,3)31-19(30)28-8-4-5-13(11-28)32-17-7-6-15(26-27-17)18-14(21(23,24)25)9-12(22)10-16(18)29/h6-7,9-10,13,29H,4-5,8,11H2,1-3H3/t13-/m1/s1. The van der Waals surface area contributed by atoms with Crippen LogP contribution in [0, 0.1) is 0 Å². The second kappa shape index (κ2) is 9.35. The quantitative estimate of drug-likeness (QED) is 0.568. The number of thioether (sulfide) groups is 1. The molecular weight excluding hydrogens is 467 g/mol. The van der Waals surface area contributed by atoms with E-state index in [9.17, 15) is 23.1 Å². The van der Waals surface area contributed by atoms with Crippen molar-refractivity contribution in [1.82, 2.24) is 15.1 Å². The van der Waals surface area contributed by atoms with Crippen LogP contribution in [-0.4, -0.2) is 50.2 Å². The number of rotatable bonds is 3. The highest BCUT2D eigenvalue weighted by Gasteiger charge is 2.36. The van der Waals surface area contributed by atoms with E-state index in [0.717, 1.165) is 25.0 Å². The van der Waals surface area contributed by atoms with Crippen LogP contribution in [0.5, 0.6) is 5.75 Å². The SMILES string of the molecule is CC(C)(C)OC(=O)N1CCC[C@@H](Sc2ccc(-c3c(O)cc(Cl)cc3C(F)(F)F)nn2)C1. The van der Waals surface area contributed by atoms with Gasteiger partial charge in [-0.3, -0.25) is 0 Å². The Bertz CT molecular complexity index is 981. The monoisotopic (exact) mass is 489 g/mol. The molecule has 0 bridgehead atoms. The van der Waals surface area contributed by atoms with Crippen LogP contribution in [0.4, 0.5) is 18.0 Å². The van der Waals surface area contributed by atoms with E-state index >= 15 is 0 Å². The molecule has 1 saturated heterocycles. The van der Waals surface area contributed by atoms with Crippen molar-refractivity contribution in [3.63, 3.8) is 0 Å². The number of likely N-dealkylation sites (tertiary alicyclic amines) is 1. The highest BCUT2D eigenvalue weighted by Crippen LogP contribution is 2.43. The molecule has 6 nitrogen and oxygen atoms in total. The Labute approximate surface area is 193 Å². The number of carbonyl (C=O) groups is 1. The maximum absolute atomic E-state index is 13.4. The molecule has 1 N–H and O–H groups in total. The first-order valence-electron chi connectivity index (χ1n) is 9.92. The Hall–Kier alpha value is -2.20. The molecule has 0 unspecified atom stereocenters. The number of amides is 1. The first-order chi connectivity index (χ1) is 14.8. The Morgan fingerprint density at radius 2 is 1.97 bits per heavy atom. The molecule has 0 saturated carbocycles. The van der Waals surface area contributed by atoms with Gasteiger partial charge in [0.1, 0.15) is 16.4 Å². The summed E-state index contributed by atoms with van der Waals surface area (Å²) in [7, 11) is 0. The third-order valence-corrected chi connectivity index (χ3v) is 6.00. The number of hydrogen-bond acceptors (Lipinski definition) is 6. The van der Waals surface area contributed by atoms with E-state index in [1.165, 1.54) is 17.8 Å². The molecular formula is C21H23ClF3N3O3S. The minimum absolute atomic E-state index is 0.0473. The maximum Gasteiger partial charge on any atom is 0.417 e. The van der Waals surface area contributed by atoms with Crippen molar-refractivity contribution in [3.8, 4) is 17.0 Å². The molecule has 2 heterocycles. The van der Waals surface area contributed by atoms with Crippen molar-refractivity contribution in [2.75, 3.05) is 13.1 Å². The van der Waals surface area contributed by atoms with Crippen LogP contribution in [0.3, 0.4) is 0 Å². The summed E-state index contributed by atoms with van der Waals surface area (Å²) in [5.74, 6) is -0.625. The summed E-state index contributed by atoms with van der Waals surface area (Å²) in [6.45, 7) is 6.49. The van der Waals surface area contributed by atoms with E-state index in [2.05, 4.69) is 10.2 Å². The Morgan fingerprint density at radius 1 is 1.25 bits per heavy atom. The van der Waals surface area contributed by atoms with Gasteiger partial charge in [-0.2, -0.15) is 13.2 Å². The minimum atomic E-state index is -4.72. The number of ether oxygens (including phenoxy) is 1. The fourth-order valence-electron chi connectivity index (χ4n) is 3.30. The zero-order valence-corrected chi connectivity index (χ0v) is 19.3. The van der Waals surface area contributed by atoms with E-state index < -0.39 is 28.7 Å². The zero-order chi connectivity index (χ0) is 23.7. The summed E-state index contributed by atoms with van der Waals surface area (Å²) in [5, 5.41) is 18.3. The molecule has 1 fully saturated rings. The number of hydrogen-bond donors (Lipinski definition) is 1. The van der Waals surface area contributed by atoms with Gasteiger partial charge in [0.05, 0.1) is 16.8 Å². The number of aromatic hydroxyl groups is 1. The summed E-state index contributed by atoms with van der Waals surface area (Å²) in [4.78, 5) is 14.0. The first kappa shape index (κ1) is 24.4. The Balaban J connectivity index is 1.74. The molecule has 1 amide bonds. The van der Waals surface area contributed by atoms with Crippen molar-refractivity contribution in [3.05, 3.63) is 34.9 Å². The summed E-state index contributed by atoms with van der Waals surface area (Å²) in [6, 6.07) is 4.70. The molecule has 1 aromatic carbocycles. The molecule has 3 rings (SSSR count). The Morgan fingerprint density at radius 3 is 2.56 bits per heavy atom. The van der Waals surface area contributed by atoms with Gasteiger partial charge in [0.15, 0.2) is 0 Å². The number of nitrogens with zero attached hydrogens (tertiary/aromatic N) is 3. The molecule has 32 heavy (non-hydrogen) atoms. The van der Waals surface area contributed by atoms with Gasteiger partial charge in [0, 0.05) is 23.4 Å². The van der Waals surface area contributed by atoms with Crippen molar-refractivity contribution >= 4 is 29.5 Å². The normalized spacial score (nSPS) is 17.3. The van der Waals surface area contributed by atoms with Gasteiger partial charge >= 0.3 is 12.3 Å². The van der Waals surface area contributed by atoms with Crippen LogP contribution < -0.4 is 0 Å². The van der Waals surface area contributed by atoms with E-state index in [-0.39, 0.29) is 22.1 Å². The predicted molar refractivity (Wildman–Crippen MR) is 116 cm³/mol. The third kappa shape index (κ3) is 6.19. The minimum Gasteiger partial charge on any atom is -0.507 e. The maximum atomic E-state index is 13.4. The smallest absolute Gasteiger partial charge is 0.417 e. The van der Waals surface area contributed by atoms with Gasteiger partial charge in [-0.1, -0.05) is 23.4 Å². The number of halogens is 4. The molecule has 1 aliphatic rings. The molecule has 11 heteroatoms. The van der Waals surface area contributed by atoms with Crippen molar-refractivity contribution < 1.29 is 27.8 Å². The highest BCUT2D eigenvalue weighted by atomic mass is 35.5. The molecule has 1 aliphatic heterocycles. The topological polar surface area (TPSA) is 75.5 Å². The average Bonchev–Trinajstić information content (AvgIpc) is 2.66. The number of carbonyl (C=O) groups excluding carboxylic acids is 1. The zero-order valence-electron chi connectivity index (χ0n) is 17.7. The second-order valence-corrected chi connectivity index (χ2v) is 10.2. The fourth-order valence-corrected chi connectivity index (χ4v) is 4.63. The van der Waals surface area contributed by atoms with Crippen LogP contribution in [-0.2, 0) is 10.9 Å². The molecule has 1 aromatic heterocycles. The van der Waals surface area contributed by atoms with E-state index in [1.807, 2.05) is 0 Å². The summed E-state index contributed by atoms with van der Waals surface area (Å²) >= 11 is 7.08. The second-order valence-electron chi connectivity index (χ2n) is 8.41. The third-order valence-electron chi connectivity index (χ3n) is 4.60. The molecule has 0 spiro atoms. The fraction of sp³-hybridized carbons (Fsp3) is 0.476. The van der Waals surface area contributed by atoms with Gasteiger partial charge in [0.2, 0.25) is 0 Å². The van der Waals surface area contributed by atoms with Crippen LogP contribution in [0.25, 0.3) is 11.3 Å². The summed E-state index contributed by atoms with van der Waals surface area (Å²) in [5.41, 5.74) is -2.26. The molecule has 174 valence electrons. The highest BCUT2D eigenvalue weighted by molar-refractivity contribution is 7.99.